The summed E-state index contributed by atoms with van der Waals surface area (Å²) in [6.07, 6.45) is 0. The molecule has 0 aliphatic heterocycles. The second-order valence-electron chi connectivity index (χ2n) is 6.77. The van der Waals surface area contributed by atoms with Crippen LogP contribution in [0.5, 0.6) is 5.75 Å². The Labute approximate surface area is 185 Å². The molecule has 0 bridgehead atoms. The van der Waals surface area contributed by atoms with Gasteiger partial charge in [-0.15, -0.1) is 0 Å². The summed E-state index contributed by atoms with van der Waals surface area (Å²) in [5.41, 5.74) is 1.06. The molecule has 1 amide bonds. The highest BCUT2D eigenvalue weighted by molar-refractivity contribution is 7.92. The average Bonchev–Trinajstić information content (AvgIpc) is 2.73. The maximum Gasteiger partial charge on any atom is 0.263 e. The van der Waals surface area contributed by atoms with Crippen molar-refractivity contribution in [2.45, 2.75) is 11.4 Å². The summed E-state index contributed by atoms with van der Waals surface area (Å²) < 4.78 is 46.6. The molecule has 1 N–H and O–H groups in total. The number of nitrogens with zero attached hydrogens (tertiary/aromatic N) is 1. The van der Waals surface area contributed by atoms with E-state index in [0.29, 0.717) is 17.0 Å². The third-order valence-electron chi connectivity index (χ3n) is 4.47. The number of carbonyl (C=O) groups is 1. The maximum absolute atomic E-state index is 13.4. The van der Waals surface area contributed by atoms with Crippen LogP contribution in [0.25, 0.3) is 0 Å². The van der Waals surface area contributed by atoms with Crippen LogP contribution in [0.15, 0.2) is 71.6 Å². The molecule has 0 spiro atoms. The molecule has 0 saturated carbocycles. The monoisotopic (exact) mass is 462 g/mol. The van der Waals surface area contributed by atoms with Crippen molar-refractivity contribution in [3.05, 3.63) is 88.7 Å². The zero-order chi connectivity index (χ0) is 22.6. The number of carbonyl (C=O) groups excluding carboxylic acids is 1. The number of hydrogen-bond donors (Lipinski definition) is 1. The molecule has 162 valence electrons. The molecule has 6 nitrogen and oxygen atoms in total. The molecule has 0 unspecified atom stereocenters. The maximum atomic E-state index is 13.4. The van der Waals surface area contributed by atoms with E-state index in [0.717, 1.165) is 0 Å². The van der Waals surface area contributed by atoms with Crippen molar-refractivity contribution in [3.63, 3.8) is 0 Å². The second-order valence-corrected chi connectivity index (χ2v) is 8.83. The highest BCUT2D eigenvalue weighted by Crippen LogP contribution is 2.26. The molecule has 0 fully saturated rings. The van der Waals surface area contributed by atoms with Crippen molar-refractivity contribution in [1.29, 1.82) is 0 Å². The van der Waals surface area contributed by atoms with E-state index in [1.165, 1.54) is 42.3 Å². The topological polar surface area (TPSA) is 75.7 Å². The van der Waals surface area contributed by atoms with Gasteiger partial charge in [0.2, 0.25) is 0 Å². The average molecular weight is 463 g/mol. The van der Waals surface area contributed by atoms with Gasteiger partial charge in [-0.05, 0) is 60.2 Å². The lowest BCUT2D eigenvalue weighted by molar-refractivity contribution is 0.0784. The largest absolute Gasteiger partial charge is 0.497 e. The molecule has 0 aliphatic carbocycles. The summed E-state index contributed by atoms with van der Waals surface area (Å²) in [7, 11) is -0.999. The van der Waals surface area contributed by atoms with Gasteiger partial charge < -0.3 is 9.64 Å². The van der Waals surface area contributed by atoms with E-state index in [1.807, 2.05) is 0 Å². The van der Waals surface area contributed by atoms with Gasteiger partial charge in [-0.2, -0.15) is 0 Å². The number of nitrogens with one attached hydrogen (secondary N) is 1. The van der Waals surface area contributed by atoms with Crippen molar-refractivity contribution in [2.75, 3.05) is 18.9 Å². The Hall–Kier alpha value is -3.10. The van der Waals surface area contributed by atoms with Crippen LogP contribution in [0, 0.1) is 5.82 Å². The third-order valence-corrected chi connectivity index (χ3v) is 6.33. The zero-order valence-electron chi connectivity index (χ0n) is 16.8. The number of rotatable bonds is 7. The minimum Gasteiger partial charge on any atom is -0.497 e. The first-order valence-electron chi connectivity index (χ1n) is 9.16. The summed E-state index contributed by atoms with van der Waals surface area (Å²) in [5.74, 6) is -0.250. The molecule has 0 radical (unpaired) electrons. The number of amides is 1. The van der Waals surface area contributed by atoms with E-state index in [2.05, 4.69) is 4.72 Å². The first-order chi connectivity index (χ1) is 14.7. The molecule has 0 aromatic heterocycles. The predicted octanol–water partition coefficient (Wildman–Crippen LogP) is 4.56. The summed E-state index contributed by atoms with van der Waals surface area (Å²) in [4.78, 5) is 14.0. The van der Waals surface area contributed by atoms with Gasteiger partial charge in [-0.1, -0.05) is 23.7 Å². The predicted molar refractivity (Wildman–Crippen MR) is 117 cm³/mol. The van der Waals surface area contributed by atoms with Crippen LogP contribution < -0.4 is 9.46 Å². The summed E-state index contributed by atoms with van der Waals surface area (Å²) in [6.45, 7) is 0.158. The van der Waals surface area contributed by atoms with Crippen LogP contribution in [0.4, 0.5) is 10.1 Å². The van der Waals surface area contributed by atoms with Crippen molar-refractivity contribution in [1.82, 2.24) is 4.90 Å². The number of benzene rings is 3. The van der Waals surface area contributed by atoms with Crippen molar-refractivity contribution < 1.29 is 22.3 Å². The second kappa shape index (κ2) is 9.36. The standard InChI is InChI=1S/C22H20ClFN2O4S/c1-26(14-15-4-3-5-17(24)12-15)22(27)16-6-11-20(23)21(13-16)31(28,29)25-18-7-9-19(30-2)10-8-18/h3-13,25H,14H2,1-2H3. The van der Waals surface area contributed by atoms with E-state index in [-0.39, 0.29) is 22.0 Å². The van der Waals surface area contributed by atoms with E-state index < -0.39 is 21.7 Å². The molecule has 3 aromatic rings. The van der Waals surface area contributed by atoms with Gasteiger partial charge in [-0.25, -0.2) is 12.8 Å². The lowest BCUT2D eigenvalue weighted by atomic mass is 10.1. The van der Waals surface area contributed by atoms with Gasteiger partial charge in [-0.3, -0.25) is 9.52 Å². The molecule has 3 aromatic carbocycles. The van der Waals surface area contributed by atoms with Gasteiger partial charge in [0, 0.05) is 24.8 Å². The molecular formula is C22H20ClFN2O4S. The van der Waals surface area contributed by atoms with Crippen LogP contribution >= 0.6 is 11.6 Å². The molecule has 9 heteroatoms. The lowest BCUT2D eigenvalue weighted by Gasteiger charge is -2.18. The highest BCUT2D eigenvalue weighted by Gasteiger charge is 2.22. The number of halogens is 2. The Morgan fingerprint density at radius 1 is 1.10 bits per heavy atom. The highest BCUT2D eigenvalue weighted by atomic mass is 35.5. The van der Waals surface area contributed by atoms with Crippen LogP contribution in [0.2, 0.25) is 5.02 Å². The zero-order valence-corrected chi connectivity index (χ0v) is 18.4. The molecule has 0 heterocycles. The fourth-order valence-corrected chi connectivity index (χ4v) is 4.50. The SMILES string of the molecule is COc1ccc(NS(=O)(=O)c2cc(C(=O)N(C)Cc3cccc(F)c3)ccc2Cl)cc1. The van der Waals surface area contributed by atoms with Gasteiger partial charge in [0.25, 0.3) is 15.9 Å². The first kappa shape index (κ1) is 22.6. The van der Waals surface area contributed by atoms with Gasteiger partial charge in [0.1, 0.15) is 16.5 Å². The minimum atomic E-state index is -4.05. The van der Waals surface area contributed by atoms with Crippen LogP contribution in [-0.4, -0.2) is 33.4 Å². The van der Waals surface area contributed by atoms with Gasteiger partial charge in [0.15, 0.2) is 0 Å². The summed E-state index contributed by atoms with van der Waals surface area (Å²) in [5, 5.41) is -0.0228. The van der Waals surface area contributed by atoms with Crippen LogP contribution in [0.1, 0.15) is 15.9 Å². The van der Waals surface area contributed by atoms with Gasteiger partial charge in [0.05, 0.1) is 12.1 Å². The fourth-order valence-electron chi connectivity index (χ4n) is 2.91. The quantitative estimate of drug-likeness (QED) is 0.558. The third kappa shape index (κ3) is 5.53. The number of hydrogen-bond acceptors (Lipinski definition) is 4. The minimum absolute atomic E-state index is 0.0228. The molecule has 31 heavy (non-hydrogen) atoms. The summed E-state index contributed by atoms with van der Waals surface area (Å²) >= 11 is 6.12. The Bertz CT molecular complexity index is 1200. The van der Waals surface area contributed by atoms with E-state index in [9.17, 15) is 17.6 Å². The fraction of sp³-hybridized carbons (Fsp3) is 0.136. The van der Waals surface area contributed by atoms with Crippen molar-refractivity contribution >= 4 is 33.2 Å². The van der Waals surface area contributed by atoms with Crippen LogP contribution in [-0.2, 0) is 16.6 Å². The Kier molecular flexibility index (Phi) is 6.82. The Morgan fingerprint density at radius 2 is 1.81 bits per heavy atom. The Morgan fingerprint density at radius 3 is 2.45 bits per heavy atom. The normalized spacial score (nSPS) is 11.1. The van der Waals surface area contributed by atoms with E-state index in [1.54, 1.807) is 43.4 Å². The molecular weight excluding hydrogens is 443 g/mol. The number of methoxy groups -OCH3 is 1. The van der Waals surface area contributed by atoms with Crippen molar-refractivity contribution in [3.8, 4) is 5.75 Å². The number of sulfonamides is 1. The number of anilines is 1. The van der Waals surface area contributed by atoms with Gasteiger partial charge >= 0.3 is 0 Å². The smallest absolute Gasteiger partial charge is 0.263 e. The number of ether oxygens (including phenoxy) is 1. The summed E-state index contributed by atoms with van der Waals surface area (Å²) in [6, 6.07) is 16.2. The van der Waals surface area contributed by atoms with Crippen molar-refractivity contribution in [2.24, 2.45) is 0 Å². The van der Waals surface area contributed by atoms with Crippen LogP contribution in [0.3, 0.4) is 0 Å². The Balaban J connectivity index is 1.83. The molecule has 0 atom stereocenters. The molecule has 3 rings (SSSR count). The first-order valence-corrected chi connectivity index (χ1v) is 11.0. The van der Waals surface area contributed by atoms with E-state index >= 15 is 0 Å². The van der Waals surface area contributed by atoms with E-state index in [4.69, 9.17) is 16.3 Å². The molecule has 0 saturated heterocycles. The lowest BCUT2D eigenvalue weighted by Crippen LogP contribution is -2.26. The molecule has 0 aliphatic rings.